The van der Waals surface area contributed by atoms with Gasteiger partial charge >= 0.3 is 0 Å². The maximum absolute atomic E-state index is 12.7. The zero-order valence-electron chi connectivity index (χ0n) is 15.1. The molecule has 142 valence electrons. The maximum atomic E-state index is 12.7. The Morgan fingerprint density at radius 2 is 2.21 bits per heavy atom. The number of amides is 1. The molecule has 0 N–H and O–H groups in total. The van der Waals surface area contributed by atoms with E-state index in [0.717, 1.165) is 21.8 Å². The molecule has 0 aliphatic carbocycles. The molecule has 0 spiro atoms. The number of fused-ring (bicyclic) bond motifs is 1. The van der Waals surface area contributed by atoms with Crippen LogP contribution in [0.25, 0.3) is 16.0 Å². The van der Waals surface area contributed by atoms with Gasteiger partial charge in [0.05, 0.1) is 23.7 Å². The Morgan fingerprint density at radius 1 is 1.29 bits per heavy atom. The summed E-state index contributed by atoms with van der Waals surface area (Å²) in [5.41, 5.74) is 3.24. The molecular formula is C19H17N5O2S2. The Kier molecular flexibility index (Phi) is 4.42. The smallest absolute Gasteiger partial charge is 0.273 e. The molecule has 1 aliphatic heterocycles. The van der Waals surface area contributed by atoms with Crippen LogP contribution < -0.4 is 0 Å². The average molecular weight is 412 g/mol. The Morgan fingerprint density at radius 3 is 3.00 bits per heavy atom. The first-order chi connectivity index (χ1) is 13.7. The van der Waals surface area contributed by atoms with Crippen molar-refractivity contribution in [3.05, 3.63) is 57.6 Å². The molecule has 1 aliphatic rings. The van der Waals surface area contributed by atoms with Crippen LogP contribution in [0.1, 0.15) is 27.3 Å². The monoisotopic (exact) mass is 411 g/mol. The van der Waals surface area contributed by atoms with Gasteiger partial charge in [-0.3, -0.25) is 4.79 Å². The largest absolute Gasteiger partial charge is 0.368 e. The number of hydrogen-bond donors (Lipinski definition) is 0. The van der Waals surface area contributed by atoms with Crippen LogP contribution in [0.2, 0.25) is 0 Å². The van der Waals surface area contributed by atoms with Crippen LogP contribution in [0.5, 0.6) is 0 Å². The zero-order valence-corrected chi connectivity index (χ0v) is 16.7. The third-order valence-electron chi connectivity index (χ3n) is 4.74. The van der Waals surface area contributed by atoms with E-state index < -0.39 is 0 Å². The summed E-state index contributed by atoms with van der Waals surface area (Å²) in [6, 6.07) is 8.19. The lowest BCUT2D eigenvalue weighted by Gasteiger charge is -2.31. The quantitative estimate of drug-likeness (QED) is 0.516. The fourth-order valence-electron chi connectivity index (χ4n) is 3.35. The van der Waals surface area contributed by atoms with E-state index in [-0.39, 0.29) is 12.0 Å². The summed E-state index contributed by atoms with van der Waals surface area (Å²) in [6.07, 6.45) is 1.67. The average Bonchev–Trinajstić information content (AvgIpc) is 3.47. The third-order valence-corrected chi connectivity index (χ3v) is 6.44. The Hall–Kier alpha value is -2.62. The lowest BCUT2D eigenvalue weighted by Crippen LogP contribution is -2.42. The van der Waals surface area contributed by atoms with Crippen LogP contribution in [-0.4, -0.2) is 50.3 Å². The summed E-state index contributed by atoms with van der Waals surface area (Å²) in [4.78, 5) is 20.0. The fourth-order valence-corrected chi connectivity index (χ4v) is 4.66. The summed E-state index contributed by atoms with van der Waals surface area (Å²) < 4.78 is 7.71. The molecule has 0 radical (unpaired) electrons. The van der Waals surface area contributed by atoms with Crippen LogP contribution >= 0.6 is 22.7 Å². The molecule has 4 aromatic heterocycles. The van der Waals surface area contributed by atoms with Crippen molar-refractivity contribution in [1.29, 1.82) is 0 Å². The summed E-state index contributed by atoms with van der Waals surface area (Å²) >= 11 is 3.17. The first-order valence-electron chi connectivity index (χ1n) is 8.91. The Balaban J connectivity index is 1.41. The second-order valence-electron chi connectivity index (χ2n) is 6.56. The van der Waals surface area contributed by atoms with Gasteiger partial charge in [-0.25, -0.2) is 9.50 Å². The van der Waals surface area contributed by atoms with E-state index in [1.807, 2.05) is 30.6 Å². The highest BCUT2D eigenvalue weighted by Gasteiger charge is 2.30. The molecule has 5 heterocycles. The van der Waals surface area contributed by atoms with E-state index in [0.29, 0.717) is 25.4 Å². The normalized spacial score (nSPS) is 17.3. The molecule has 1 amide bonds. The van der Waals surface area contributed by atoms with Gasteiger partial charge in [-0.1, -0.05) is 11.3 Å². The minimum Gasteiger partial charge on any atom is -0.368 e. The molecule has 1 fully saturated rings. The van der Waals surface area contributed by atoms with Crippen LogP contribution in [0, 0.1) is 6.92 Å². The van der Waals surface area contributed by atoms with Crippen LogP contribution in [0.15, 0.2) is 41.2 Å². The van der Waals surface area contributed by atoms with Crippen molar-refractivity contribution in [2.75, 3.05) is 19.7 Å². The van der Waals surface area contributed by atoms with Gasteiger partial charge in [0.1, 0.15) is 17.5 Å². The molecule has 28 heavy (non-hydrogen) atoms. The minimum atomic E-state index is -0.303. The molecule has 1 saturated heterocycles. The van der Waals surface area contributed by atoms with E-state index in [2.05, 4.69) is 32.8 Å². The molecule has 0 aromatic carbocycles. The third kappa shape index (κ3) is 3.11. The second kappa shape index (κ2) is 7.08. The lowest BCUT2D eigenvalue weighted by atomic mass is 10.1. The van der Waals surface area contributed by atoms with Gasteiger partial charge in [-0.2, -0.15) is 0 Å². The molecule has 4 aromatic rings. The number of carbonyl (C=O) groups is 1. The predicted molar refractivity (Wildman–Crippen MR) is 108 cm³/mol. The molecule has 0 saturated carbocycles. The predicted octanol–water partition coefficient (Wildman–Crippen LogP) is 3.44. The highest BCUT2D eigenvalue weighted by molar-refractivity contribution is 7.13. The number of thiophene rings is 1. The van der Waals surface area contributed by atoms with Crippen LogP contribution in [0.3, 0.4) is 0 Å². The molecule has 1 unspecified atom stereocenters. The standard InChI is InChI=1S/C19H17N5O2S2/c1-12-20-14(11-28-12)19(25)23-6-7-26-16(10-23)18-15-5-4-13(9-24(15)22-21-18)17-3-2-8-27-17/h2-5,8-9,11,16H,6-7,10H2,1H3. The number of carbonyl (C=O) groups excluding carboxylic acids is 1. The van der Waals surface area contributed by atoms with Crippen molar-refractivity contribution < 1.29 is 9.53 Å². The lowest BCUT2D eigenvalue weighted by molar-refractivity contribution is -0.0242. The van der Waals surface area contributed by atoms with E-state index in [9.17, 15) is 4.79 Å². The second-order valence-corrected chi connectivity index (χ2v) is 8.57. The topological polar surface area (TPSA) is 72.6 Å². The van der Waals surface area contributed by atoms with Crippen molar-refractivity contribution >= 4 is 34.1 Å². The van der Waals surface area contributed by atoms with Crippen molar-refractivity contribution in [2.24, 2.45) is 0 Å². The van der Waals surface area contributed by atoms with Gasteiger partial charge in [0.2, 0.25) is 0 Å². The van der Waals surface area contributed by atoms with Gasteiger partial charge < -0.3 is 9.64 Å². The Bertz CT molecular complexity index is 1130. The van der Waals surface area contributed by atoms with Crippen molar-refractivity contribution in [3.8, 4) is 10.4 Å². The zero-order chi connectivity index (χ0) is 19.1. The van der Waals surface area contributed by atoms with Crippen LogP contribution in [0.4, 0.5) is 0 Å². The van der Waals surface area contributed by atoms with Gasteiger partial charge in [-0.05, 0) is 30.5 Å². The summed E-state index contributed by atoms with van der Waals surface area (Å²) in [5, 5.41) is 13.4. The van der Waals surface area contributed by atoms with Crippen molar-refractivity contribution in [1.82, 2.24) is 24.7 Å². The summed E-state index contributed by atoms with van der Waals surface area (Å²) in [6.45, 7) is 3.35. The van der Waals surface area contributed by atoms with E-state index in [1.54, 1.807) is 20.8 Å². The molecule has 9 heteroatoms. The van der Waals surface area contributed by atoms with Crippen molar-refractivity contribution in [3.63, 3.8) is 0 Å². The van der Waals surface area contributed by atoms with Gasteiger partial charge in [-0.15, -0.1) is 27.8 Å². The van der Waals surface area contributed by atoms with Gasteiger partial charge in [0.25, 0.3) is 5.91 Å². The number of rotatable bonds is 3. The van der Waals surface area contributed by atoms with Crippen LogP contribution in [-0.2, 0) is 4.74 Å². The number of aryl methyl sites for hydroxylation is 1. The summed E-state index contributed by atoms with van der Waals surface area (Å²) in [5.74, 6) is -0.0610. The number of pyridine rings is 1. The fraction of sp³-hybridized carbons (Fsp3) is 0.263. The SMILES string of the molecule is Cc1nc(C(=O)N2CCOC(c3nnn4cc(-c5cccs5)ccc34)C2)cs1. The number of morpholine rings is 1. The molecule has 0 bridgehead atoms. The van der Waals surface area contributed by atoms with Gasteiger partial charge in [0, 0.05) is 28.6 Å². The number of hydrogen-bond acceptors (Lipinski definition) is 7. The molecule has 5 rings (SSSR count). The number of thiazole rings is 1. The van der Waals surface area contributed by atoms with E-state index >= 15 is 0 Å². The van der Waals surface area contributed by atoms with E-state index in [1.165, 1.54) is 16.2 Å². The first-order valence-corrected chi connectivity index (χ1v) is 10.7. The highest BCUT2D eigenvalue weighted by Crippen LogP contribution is 2.29. The van der Waals surface area contributed by atoms with Crippen molar-refractivity contribution in [2.45, 2.75) is 13.0 Å². The molecular weight excluding hydrogens is 394 g/mol. The maximum Gasteiger partial charge on any atom is 0.273 e. The number of aromatic nitrogens is 4. The highest BCUT2D eigenvalue weighted by atomic mass is 32.1. The number of ether oxygens (including phenoxy) is 1. The summed E-state index contributed by atoms with van der Waals surface area (Å²) in [7, 11) is 0. The molecule has 1 atom stereocenters. The van der Waals surface area contributed by atoms with E-state index in [4.69, 9.17) is 4.74 Å². The first kappa shape index (κ1) is 17.5. The molecule has 7 nitrogen and oxygen atoms in total. The Labute approximate surface area is 169 Å². The van der Waals surface area contributed by atoms with Gasteiger partial charge in [0.15, 0.2) is 0 Å². The number of nitrogens with zero attached hydrogens (tertiary/aromatic N) is 5. The minimum absolute atomic E-state index is 0.0610.